The van der Waals surface area contributed by atoms with Crippen molar-refractivity contribution in [2.24, 2.45) is 0 Å². The number of hydrogen-bond acceptors (Lipinski definition) is 3. The molecule has 3 rings (SSSR count). The summed E-state index contributed by atoms with van der Waals surface area (Å²) in [5, 5.41) is 0.600. The average molecular weight is 433 g/mol. The van der Waals surface area contributed by atoms with Crippen molar-refractivity contribution in [1.29, 1.82) is 0 Å². The number of hydrogen-bond donors (Lipinski definition) is 1. The van der Waals surface area contributed by atoms with Crippen molar-refractivity contribution in [2.45, 2.75) is 11.4 Å². The van der Waals surface area contributed by atoms with Crippen molar-refractivity contribution >= 4 is 33.2 Å². The van der Waals surface area contributed by atoms with E-state index in [-0.39, 0.29) is 22.1 Å². The second-order valence-electron chi connectivity index (χ2n) is 6.40. The monoisotopic (exact) mass is 432 g/mol. The molecule has 1 amide bonds. The van der Waals surface area contributed by atoms with E-state index in [0.717, 1.165) is 11.6 Å². The molecule has 3 aromatic carbocycles. The summed E-state index contributed by atoms with van der Waals surface area (Å²) >= 11 is 5.87. The summed E-state index contributed by atoms with van der Waals surface area (Å²) in [4.78, 5) is 14.1. The van der Waals surface area contributed by atoms with Gasteiger partial charge in [0, 0.05) is 24.2 Å². The molecule has 0 bridgehead atoms. The van der Waals surface area contributed by atoms with Crippen LogP contribution < -0.4 is 4.72 Å². The Balaban J connectivity index is 1.80. The topological polar surface area (TPSA) is 66.5 Å². The minimum atomic E-state index is -4.06. The van der Waals surface area contributed by atoms with Crippen molar-refractivity contribution in [3.8, 4) is 0 Å². The summed E-state index contributed by atoms with van der Waals surface area (Å²) in [6, 6.07) is 18.2. The first-order chi connectivity index (χ1) is 13.8. The molecule has 29 heavy (non-hydrogen) atoms. The maximum absolute atomic E-state index is 13.8. The largest absolute Gasteiger partial charge is 0.337 e. The second-order valence-corrected chi connectivity index (χ2v) is 8.52. The van der Waals surface area contributed by atoms with Gasteiger partial charge in [-0.15, -0.1) is 0 Å². The fraction of sp³-hybridized carbons (Fsp3) is 0.0952. The molecule has 0 heterocycles. The van der Waals surface area contributed by atoms with Gasteiger partial charge in [-0.05, 0) is 48.0 Å². The number of sulfonamides is 1. The predicted octanol–water partition coefficient (Wildman–Crippen LogP) is 4.55. The Hall–Kier alpha value is -2.90. The Morgan fingerprint density at radius 1 is 1.03 bits per heavy atom. The quantitative estimate of drug-likeness (QED) is 0.621. The summed E-state index contributed by atoms with van der Waals surface area (Å²) in [6.07, 6.45) is 0. The number of nitrogens with one attached hydrogen (secondary N) is 1. The number of halogens is 2. The fourth-order valence-corrected chi connectivity index (χ4v) is 3.94. The zero-order valence-corrected chi connectivity index (χ0v) is 17.0. The van der Waals surface area contributed by atoms with Crippen molar-refractivity contribution in [2.75, 3.05) is 11.8 Å². The second kappa shape index (κ2) is 8.63. The maximum Gasteiger partial charge on any atom is 0.262 e. The third-order valence-corrected chi connectivity index (χ3v) is 5.80. The molecular formula is C21H18ClFN2O3S. The lowest BCUT2D eigenvalue weighted by molar-refractivity contribution is 0.0785. The molecule has 0 spiro atoms. The van der Waals surface area contributed by atoms with Gasteiger partial charge in [0.25, 0.3) is 15.9 Å². The van der Waals surface area contributed by atoms with E-state index in [0.29, 0.717) is 11.6 Å². The lowest BCUT2D eigenvalue weighted by Gasteiger charge is -2.18. The van der Waals surface area contributed by atoms with Crippen molar-refractivity contribution in [3.05, 3.63) is 94.8 Å². The molecule has 0 saturated carbocycles. The fourth-order valence-electron chi connectivity index (χ4n) is 2.70. The average Bonchev–Trinajstić information content (AvgIpc) is 2.71. The number of para-hydroxylation sites is 1. The van der Waals surface area contributed by atoms with Crippen LogP contribution in [0.1, 0.15) is 15.9 Å². The summed E-state index contributed by atoms with van der Waals surface area (Å²) in [5.74, 6) is -1.03. The van der Waals surface area contributed by atoms with Crippen LogP contribution >= 0.6 is 11.6 Å². The molecule has 0 unspecified atom stereocenters. The van der Waals surface area contributed by atoms with Crippen molar-refractivity contribution in [1.82, 2.24) is 4.90 Å². The van der Waals surface area contributed by atoms with Gasteiger partial charge >= 0.3 is 0 Å². The molecule has 5 nitrogen and oxygen atoms in total. The standard InChI is InChI=1S/C21H18ClFN2O3S/c1-25(14-15-9-11-17(22)12-10-15)21(26)16-5-4-6-18(13-16)29(27,28)24-20-8-3-2-7-19(20)23/h2-13,24H,14H2,1H3. The van der Waals surface area contributed by atoms with Crippen molar-refractivity contribution in [3.63, 3.8) is 0 Å². The van der Waals surface area contributed by atoms with Gasteiger partial charge in [0.2, 0.25) is 0 Å². The zero-order valence-electron chi connectivity index (χ0n) is 15.5. The van der Waals surface area contributed by atoms with Crippen LogP contribution in [0.2, 0.25) is 5.02 Å². The minimum Gasteiger partial charge on any atom is -0.337 e. The third kappa shape index (κ3) is 5.13. The van der Waals surface area contributed by atoms with Gasteiger partial charge in [0.1, 0.15) is 5.82 Å². The van der Waals surface area contributed by atoms with Gasteiger partial charge in [-0.3, -0.25) is 9.52 Å². The Kier molecular flexibility index (Phi) is 6.20. The van der Waals surface area contributed by atoms with E-state index in [9.17, 15) is 17.6 Å². The maximum atomic E-state index is 13.8. The lowest BCUT2D eigenvalue weighted by atomic mass is 10.1. The number of benzene rings is 3. The highest BCUT2D eigenvalue weighted by Crippen LogP contribution is 2.20. The minimum absolute atomic E-state index is 0.133. The molecular weight excluding hydrogens is 415 g/mol. The first-order valence-corrected chi connectivity index (χ1v) is 10.5. The first-order valence-electron chi connectivity index (χ1n) is 8.63. The first kappa shape index (κ1) is 20.8. The number of rotatable bonds is 6. The Morgan fingerprint density at radius 3 is 2.41 bits per heavy atom. The molecule has 0 radical (unpaired) electrons. The number of anilines is 1. The lowest BCUT2D eigenvalue weighted by Crippen LogP contribution is -2.26. The molecule has 0 aromatic heterocycles. The number of carbonyl (C=O) groups excluding carboxylic acids is 1. The van der Waals surface area contributed by atoms with Gasteiger partial charge in [0.05, 0.1) is 10.6 Å². The zero-order chi connectivity index (χ0) is 21.0. The van der Waals surface area contributed by atoms with Crippen molar-refractivity contribution < 1.29 is 17.6 Å². The molecule has 8 heteroatoms. The Labute approximate surface area is 173 Å². The summed E-state index contributed by atoms with van der Waals surface area (Å²) in [7, 11) is -2.44. The van der Waals surface area contributed by atoms with E-state index >= 15 is 0 Å². The van der Waals surface area contributed by atoms with Crippen LogP contribution in [0.25, 0.3) is 0 Å². The molecule has 0 atom stereocenters. The molecule has 0 fully saturated rings. The molecule has 150 valence electrons. The van der Waals surface area contributed by atoms with Crippen LogP contribution in [0.5, 0.6) is 0 Å². The molecule has 0 aliphatic carbocycles. The van der Waals surface area contributed by atoms with E-state index in [1.165, 1.54) is 47.4 Å². The highest BCUT2D eigenvalue weighted by molar-refractivity contribution is 7.92. The number of nitrogens with zero attached hydrogens (tertiary/aromatic N) is 1. The molecule has 0 aliphatic rings. The summed E-state index contributed by atoms with van der Waals surface area (Å²) in [5.41, 5.74) is 0.928. The SMILES string of the molecule is CN(Cc1ccc(Cl)cc1)C(=O)c1cccc(S(=O)(=O)Nc2ccccc2F)c1. The van der Waals surface area contributed by atoms with E-state index in [1.54, 1.807) is 19.2 Å². The number of amides is 1. The Bertz CT molecular complexity index is 1130. The van der Waals surface area contributed by atoms with Crippen LogP contribution in [-0.4, -0.2) is 26.3 Å². The van der Waals surface area contributed by atoms with Crippen LogP contribution in [0.3, 0.4) is 0 Å². The molecule has 0 aliphatic heterocycles. The highest BCUT2D eigenvalue weighted by Gasteiger charge is 2.19. The van der Waals surface area contributed by atoms with E-state index in [1.807, 2.05) is 12.1 Å². The third-order valence-electron chi connectivity index (χ3n) is 4.19. The molecule has 3 aromatic rings. The summed E-state index contributed by atoms with van der Waals surface area (Å²) in [6.45, 7) is 0.334. The van der Waals surface area contributed by atoms with Gasteiger partial charge in [0.15, 0.2) is 0 Å². The highest BCUT2D eigenvalue weighted by atomic mass is 35.5. The van der Waals surface area contributed by atoms with E-state index in [4.69, 9.17) is 11.6 Å². The Morgan fingerprint density at radius 2 is 1.72 bits per heavy atom. The van der Waals surface area contributed by atoms with Crippen LogP contribution in [0.4, 0.5) is 10.1 Å². The normalized spacial score (nSPS) is 11.1. The van der Waals surface area contributed by atoms with Crippen LogP contribution in [0.15, 0.2) is 77.7 Å². The van der Waals surface area contributed by atoms with E-state index < -0.39 is 15.8 Å². The van der Waals surface area contributed by atoms with Gasteiger partial charge in [-0.1, -0.05) is 41.9 Å². The molecule has 1 N–H and O–H groups in total. The van der Waals surface area contributed by atoms with E-state index in [2.05, 4.69) is 4.72 Å². The van der Waals surface area contributed by atoms with Gasteiger partial charge in [-0.2, -0.15) is 0 Å². The predicted molar refractivity (Wildman–Crippen MR) is 111 cm³/mol. The summed E-state index contributed by atoms with van der Waals surface area (Å²) < 4.78 is 41.2. The van der Waals surface area contributed by atoms with Gasteiger partial charge < -0.3 is 4.90 Å². The van der Waals surface area contributed by atoms with Gasteiger partial charge in [-0.25, -0.2) is 12.8 Å². The smallest absolute Gasteiger partial charge is 0.262 e. The van der Waals surface area contributed by atoms with Crippen LogP contribution in [0, 0.1) is 5.82 Å². The van der Waals surface area contributed by atoms with Crippen LogP contribution in [-0.2, 0) is 16.6 Å². The molecule has 0 saturated heterocycles. The number of carbonyl (C=O) groups is 1.